The van der Waals surface area contributed by atoms with Crippen molar-refractivity contribution in [3.05, 3.63) is 40.8 Å². The summed E-state index contributed by atoms with van der Waals surface area (Å²) in [5.41, 5.74) is 7.66. The Hall–Kier alpha value is -1.92. The molecular weight excluding hydrogens is 250 g/mol. The number of amides is 1. The van der Waals surface area contributed by atoms with E-state index in [0.29, 0.717) is 29.5 Å². The summed E-state index contributed by atoms with van der Waals surface area (Å²) in [7, 11) is 0. The van der Waals surface area contributed by atoms with Crippen LogP contribution in [0.1, 0.15) is 9.67 Å². The molecule has 5 nitrogen and oxygen atoms in total. The molecule has 0 unspecified atom stereocenters. The standard InChI is InChI=1S/C12H13N3O2S/c13-4-5-17-10-3-1-2-9(6-10)15-12(16)11-7-14-8-18-11/h1-3,6-8H,4-5,13H2,(H,15,16). The molecular formula is C12H13N3O2S. The number of thiazole rings is 1. The molecule has 1 aromatic heterocycles. The maximum Gasteiger partial charge on any atom is 0.267 e. The van der Waals surface area contributed by atoms with Crippen molar-refractivity contribution in [1.82, 2.24) is 4.98 Å². The molecule has 0 spiro atoms. The number of anilines is 1. The molecule has 0 saturated heterocycles. The molecule has 0 bridgehead atoms. The van der Waals surface area contributed by atoms with E-state index in [9.17, 15) is 4.79 Å². The van der Waals surface area contributed by atoms with Crippen LogP contribution in [-0.4, -0.2) is 24.0 Å². The van der Waals surface area contributed by atoms with Crippen LogP contribution in [0.4, 0.5) is 5.69 Å². The lowest BCUT2D eigenvalue weighted by atomic mass is 10.3. The van der Waals surface area contributed by atoms with Crippen molar-refractivity contribution >= 4 is 22.9 Å². The van der Waals surface area contributed by atoms with Crippen LogP contribution in [0.5, 0.6) is 5.75 Å². The van der Waals surface area contributed by atoms with Crippen molar-refractivity contribution in [2.45, 2.75) is 0 Å². The number of hydrogen-bond donors (Lipinski definition) is 2. The van der Waals surface area contributed by atoms with Gasteiger partial charge in [-0.1, -0.05) is 6.07 Å². The summed E-state index contributed by atoms with van der Waals surface area (Å²) in [5.74, 6) is 0.510. The minimum absolute atomic E-state index is 0.173. The van der Waals surface area contributed by atoms with Gasteiger partial charge in [-0.25, -0.2) is 0 Å². The molecule has 94 valence electrons. The van der Waals surface area contributed by atoms with E-state index in [4.69, 9.17) is 10.5 Å². The number of nitrogens with one attached hydrogen (secondary N) is 1. The van der Waals surface area contributed by atoms with Gasteiger partial charge in [0.2, 0.25) is 0 Å². The van der Waals surface area contributed by atoms with E-state index in [1.165, 1.54) is 17.5 Å². The molecule has 0 fully saturated rings. The van der Waals surface area contributed by atoms with Crippen molar-refractivity contribution in [1.29, 1.82) is 0 Å². The molecule has 18 heavy (non-hydrogen) atoms. The molecule has 1 aromatic carbocycles. The zero-order chi connectivity index (χ0) is 12.8. The molecule has 1 amide bonds. The van der Waals surface area contributed by atoms with Crippen molar-refractivity contribution in [3.63, 3.8) is 0 Å². The molecule has 0 saturated carbocycles. The van der Waals surface area contributed by atoms with Crippen molar-refractivity contribution in [3.8, 4) is 5.75 Å². The smallest absolute Gasteiger partial charge is 0.267 e. The van der Waals surface area contributed by atoms with Gasteiger partial charge in [0.25, 0.3) is 5.91 Å². The Bertz CT molecular complexity index is 514. The quantitative estimate of drug-likeness (QED) is 0.861. The molecule has 2 aromatic rings. The highest BCUT2D eigenvalue weighted by atomic mass is 32.1. The number of carbonyl (C=O) groups is 1. The molecule has 0 radical (unpaired) electrons. The zero-order valence-electron chi connectivity index (χ0n) is 9.63. The van der Waals surface area contributed by atoms with E-state index < -0.39 is 0 Å². The van der Waals surface area contributed by atoms with Crippen LogP contribution in [0, 0.1) is 0 Å². The van der Waals surface area contributed by atoms with Gasteiger partial charge < -0.3 is 15.8 Å². The topological polar surface area (TPSA) is 77.2 Å². The van der Waals surface area contributed by atoms with Gasteiger partial charge in [0.1, 0.15) is 17.2 Å². The maximum atomic E-state index is 11.8. The van der Waals surface area contributed by atoms with Gasteiger partial charge in [-0.05, 0) is 12.1 Å². The van der Waals surface area contributed by atoms with Crippen LogP contribution in [0.2, 0.25) is 0 Å². The molecule has 3 N–H and O–H groups in total. The van der Waals surface area contributed by atoms with Gasteiger partial charge >= 0.3 is 0 Å². The first-order chi connectivity index (χ1) is 8.79. The Morgan fingerprint density at radius 3 is 3.11 bits per heavy atom. The number of nitrogens with zero attached hydrogens (tertiary/aromatic N) is 1. The second-order valence-electron chi connectivity index (χ2n) is 3.48. The Kier molecular flexibility index (Phi) is 4.27. The summed E-state index contributed by atoms with van der Waals surface area (Å²) in [5, 5.41) is 2.78. The lowest BCUT2D eigenvalue weighted by Crippen LogP contribution is -2.12. The van der Waals surface area contributed by atoms with Crippen LogP contribution in [0.3, 0.4) is 0 Å². The maximum absolute atomic E-state index is 11.8. The normalized spacial score (nSPS) is 10.1. The average Bonchev–Trinajstić information content (AvgIpc) is 2.91. The third kappa shape index (κ3) is 3.28. The molecule has 0 aliphatic carbocycles. The second-order valence-corrected chi connectivity index (χ2v) is 4.37. The third-order valence-electron chi connectivity index (χ3n) is 2.13. The molecule has 6 heteroatoms. The average molecular weight is 263 g/mol. The zero-order valence-corrected chi connectivity index (χ0v) is 10.4. The van der Waals surface area contributed by atoms with Crippen LogP contribution in [0.15, 0.2) is 36.0 Å². The summed E-state index contributed by atoms with van der Waals surface area (Å²) in [6.45, 7) is 0.906. The van der Waals surface area contributed by atoms with Crippen molar-refractivity contribution in [2.75, 3.05) is 18.5 Å². The van der Waals surface area contributed by atoms with Gasteiger partial charge in [0.15, 0.2) is 0 Å². The number of nitrogens with two attached hydrogens (primary N) is 1. The Morgan fingerprint density at radius 1 is 1.50 bits per heavy atom. The molecule has 2 rings (SSSR count). The number of ether oxygens (including phenoxy) is 1. The van der Waals surface area contributed by atoms with Gasteiger partial charge in [0, 0.05) is 18.3 Å². The lowest BCUT2D eigenvalue weighted by molar-refractivity contribution is 0.103. The van der Waals surface area contributed by atoms with Crippen LogP contribution < -0.4 is 15.8 Å². The Balaban J connectivity index is 2.03. The minimum Gasteiger partial charge on any atom is -0.492 e. The van der Waals surface area contributed by atoms with E-state index in [1.54, 1.807) is 17.6 Å². The highest BCUT2D eigenvalue weighted by Crippen LogP contribution is 2.18. The fourth-order valence-corrected chi connectivity index (χ4v) is 1.88. The fraction of sp³-hybridized carbons (Fsp3) is 0.167. The van der Waals surface area contributed by atoms with E-state index in [-0.39, 0.29) is 5.91 Å². The summed E-state index contributed by atoms with van der Waals surface area (Å²) >= 11 is 1.30. The lowest BCUT2D eigenvalue weighted by Gasteiger charge is -2.07. The van der Waals surface area contributed by atoms with Crippen LogP contribution >= 0.6 is 11.3 Å². The van der Waals surface area contributed by atoms with Crippen LogP contribution in [-0.2, 0) is 0 Å². The van der Waals surface area contributed by atoms with E-state index >= 15 is 0 Å². The van der Waals surface area contributed by atoms with Crippen molar-refractivity contribution in [2.24, 2.45) is 5.73 Å². The summed E-state index contributed by atoms with van der Waals surface area (Å²) in [6.07, 6.45) is 1.54. The number of aromatic nitrogens is 1. The molecule has 0 aliphatic heterocycles. The van der Waals surface area contributed by atoms with Gasteiger partial charge in [-0.3, -0.25) is 9.78 Å². The first kappa shape index (κ1) is 12.5. The molecule has 0 aliphatic rings. The second kappa shape index (κ2) is 6.13. The number of carbonyl (C=O) groups excluding carboxylic acids is 1. The van der Waals surface area contributed by atoms with Gasteiger partial charge in [0.05, 0.1) is 11.7 Å². The summed E-state index contributed by atoms with van der Waals surface area (Å²) < 4.78 is 5.38. The number of rotatable bonds is 5. The highest BCUT2D eigenvalue weighted by Gasteiger charge is 2.07. The van der Waals surface area contributed by atoms with E-state index in [1.807, 2.05) is 12.1 Å². The van der Waals surface area contributed by atoms with Crippen molar-refractivity contribution < 1.29 is 9.53 Å². The third-order valence-corrected chi connectivity index (χ3v) is 2.91. The Morgan fingerprint density at radius 2 is 2.39 bits per heavy atom. The largest absolute Gasteiger partial charge is 0.492 e. The predicted molar refractivity (Wildman–Crippen MR) is 71.1 cm³/mol. The predicted octanol–water partition coefficient (Wildman–Crippen LogP) is 1.73. The number of benzene rings is 1. The highest BCUT2D eigenvalue weighted by molar-refractivity contribution is 7.11. The SMILES string of the molecule is NCCOc1cccc(NC(=O)c2cncs2)c1. The first-order valence-corrected chi connectivity index (χ1v) is 6.30. The molecule has 0 atom stereocenters. The Labute approximate surface area is 109 Å². The fourth-order valence-electron chi connectivity index (χ4n) is 1.36. The first-order valence-electron chi connectivity index (χ1n) is 5.42. The van der Waals surface area contributed by atoms with Gasteiger partial charge in [-0.15, -0.1) is 11.3 Å². The number of hydrogen-bond acceptors (Lipinski definition) is 5. The monoisotopic (exact) mass is 263 g/mol. The molecule has 1 heterocycles. The summed E-state index contributed by atoms with van der Waals surface area (Å²) in [6, 6.07) is 7.19. The minimum atomic E-state index is -0.173. The van der Waals surface area contributed by atoms with Gasteiger partial charge in [-0.2, -0.15) is 0 Å². The summed E-state index contributed by atoms with van der Waals surface area (Å²) in [4.78, 5) is 16.2. The van der Waals surface area contributed by atoms with Crippen LogP contribution in [0.25, 0.3) is 0 Å². The van der Waals surface area contributed by atoms with E-state index in [0.717, 1.165) is 0 Å². The van der Waals surface area contributed by atoms with E-state index in [2.05, 4.69) is 10.3 Å².